The van der Waals surface area contributed by atoms with Crippen molar-refractivity contribution in [3.8, 4) is 34.5 Å². The maximum atomic E-state index is 6.38. The zero-order valence-electron chi connectivity index (χ0n) is 17.5. The molecule has 0 saturated heterocycles. The number of methoxy groups -OCH3 is 1. The van der Waals surface area contributed by atoms with Crippen molar-refractivity contribution in [1.82, 2.24) is 15.0 Å². The smallest absolute Gasteiger partial charge is 0.320 e. The van der Waals surface area contributed by atoms with Crippen LogP contribution in [0, 0.1) is 5.41 Å². The van der Waals surface area contributed by atoms with Gasteiger partial charge in [-0.25, -0.2) is 4.98 Å². The second-order valence-corrected chi connectivity index (χ2v) is 8.27. The summed E-state index contributed by atoms with van der Waals surface area (Å²) in [4.78, 5) is 13.3. The second kappa shape index (κ2) is 10.1. The average Bonchev–Trinajstić information content (AvgIpc) is 2.72. The van der Waals surface area contributed by atoms with Crippen LogP contribution in [-0.2, 0) is 6.54 Å². The molecule has 30 heavy (non-hydrogen) atoms. The summed E-state index contributed by atoms with van der Waals surface area (Å²) in [5, 5.41) is 0.535. The summed E-state index contributed by atoms with van der Waals surface area (Å²) in [6.07, 6.45) is 0. The molecule has 1 heterocycles. The van der Waals surface area contributed by atoms with E-state index in [-0.39, 0.29) is 23.8 Å². The van der Waals surface area contributed by atoms with Gasteiger partial charge < -0.3 is 15.2 Å². The molecule has 0 radical (unpaired) electrons. The standard InChI is InChI=1S/C22H25ClN4O2.ClH/c1-22(2,3)13-29-16-8-6-15(7-9-16)19-25-20(27-21(26-19)28-4)17-11-14(12-24)5-10-18(17)23;/h5-11H,12-13,24H2,1-4H3;1H. The lowest BCUT2D eigenvalue weighted by Crippen LogP contribution is -2.16. The molecule has 160 valence electrons. The van der Waals surface area contributed by atoms with E-state index in [0.717, 1.165) is 16.9 Å². The first-order valence-electron chi connectivity index (χ1n) is 9.31. The fraction of sp³-hybridized carbons (Fsp3) is 0.318. The van der Waals surface area contributed by atoms with Gasteiger partial charge in [-0.05, 0) is 47.4 Å². The number of hydrogen-bond donors (Lipinski definition) is 1. The summed E-state index contributed by atoms with van der Waals surface area (Å²) in [6, 6.07) is 13.4. The maximum absolute atomic E-state index is 6.38. The molecule has 0 fully saturated rings. The Morgan fingerprint density at radius 1 is 0.967 bits per heavy atom. The Labute approximate surface area is 188 Å². The van der Waals surface area contributed by atoms with Crippen LogP contribution in [0.5, 0.6) is 11.8 Å². The van der Waals surface area contributed by atoms with Crippen molar-refractivity contribution in [2.24, 2.45) is 11.1 Å². The molecule has 8 heteroatoms. The highest BCUT2D eigenvalue weighted by atomic mass is 35.5. The van der Waals surface area contributed by atoms with Crippen LogP contribution in [0.1, 0.15) is 26.3 Å². The van der Waals surface area contributed by atoms with E-state index >= 15 is 0 Å². The van der Waals surface area contributed by atoms with E-state index in [1.807, 2.05) is 36.4 Å². The third-order valence-electron chi connectivity index (χ3n) is 4.09. The zero-order valence-corrected chi connectivity index (χ0v) is 19.0. The predicted molar refractivity (Wildman–Crippen MR) is 122 cm³/mol. The Bertz CT molecular complexity index is 989. The molecule has 0 aliphatic rings. The monoisotopic (exact) mass is 448 g/mol. The average molecular weight is 449 g/mol. The molecule has 2 aromatic carbocycles. The molecule has 3 aromatic rings. The van der Waals surface area contributed by atoms with Gasteiger partial charge in [-0.15, -0.1) is 12.4 Å². The number of nitrogens with zero attached hydrogens (tertiary/aromatic N) is 3. The van der Waals surface area contributed by atoms with Gasteiger partial charge in [0.05, 0.1) is 18.7 Å². The van der Waals surface area contributed by atoms with Gasteiger partial charge in [0.15, 0.2) is 11.6 Å². The maximum Gasteiger partial charge on any atom is 0.320 e. The van der Waals surface area contributed by atoms with Crippen LogP contribution in [-0.4, -0.2) is 28.7 Å². The quantitative estimate of drug-likeness (QED) is 0.559. The highest BCUT2D eigenvalue weighted by Crippen LogP contribution is 2.29. The highest BCUT2D eigenvalue weighted by Gasteiger charge is 2.15. The zero-order chi connectivity index (χ0) is 21.0. The fourth-order valence-electron chi connectivity index (χ4n) is 2.57. The first-order valence-corrected chi connectivity index (χ1v) is 9.69. The minimum absolute atomic E-state index is 0. The lowest BCUT2D eigenvalue weighted by Gasteiger charge is -2.18. The Hall–Kier alpha value is -2.41. The van der Waals surface area contributed by atoms with Crippen LogP contribution in [0.25, 0.3) is 22.8 Å². The summed E-state index contributed by atoms with van der Waals surface area (Å²) in [7, 11) is 1.52. The molecule has 6 nitrogen and oxygen atoms in total. The number of nitrogens with two attached hydrogens (primary N) is 1. The molecular weight excluding hydrogens is 423 g/mol. The molecule has 1 aromatic heterocycles. The molecule has 0 bridgehead atoms. The van der Waals surface area contributed by atoms with Crippen LogP contribution >= 0.6 is 24.0 Å². The Kier molecular flexibility index (Phi) is 8.01. The van der Waals surface area contributed by atoms with Crippen molar-refractivity contribution >= 4 is 24.0 Å². The Morgan fingerprint density at radius 2 is 1.63 bits per heavy atom. The Morgan fingerprint density at radius 3 is 2.23 bits per heavy atom. The lowest BCUT2D eigenvalue weighted by molar-refractivity contribution is 0.198. The van der Waals surface area contributed by atoms with Crippen molar-refractivity contribution in [2.45, 2.75) is 27.3 Å². The van der Waals surface area contributed by atoms with E-state index in [1.165, 1.54) is 7.11 Å². The number of benzene rings is 2. The Balaban J connectivity index is 0.00000320. The third kappa shape index (κ3) is 6.05. The predicted octanol–water partition coefficient (Wildman–Crippen LogP) is 5.17. The first-order chi connectivity index (χ1) is 13.8. The molecule has 0 unspecified atom stereocenters. The largest absolute Gasteiger partial charge is 0.493 e. The van der Waals surface area contributed by atoms with Gasteiger partial charge in [0.25, 0.3) is 0 Å². The van der Waals surface area contributed by atoms with Gasteiger partial charge in [-0.1, -0.05) is 38.4 Å². The van der Waals surface area contributed by atoms with Gasteiger partial charge in [0, 0.05) is 17.7 Å². The van der Waals surface area contributed by atoms with E-state index in [9.17, 15) is 0 Å². The molecule has 0 amide bonds. The van der Waals surface area contributed by atoms with E-state index < -0.39 is 0 Å². The first kappa shape index (κ1) is 23.9. The minimum atomic E-state index is 0. The SMILES string of the molecule is COc1nc(-c2ccc(OCC(C)(C)C)cc2)nc(-c2cc(CN)ccc2Cl)n1.Cl. The molecule has 0 saturated carbocycles. The summed E-state index contributed by atoms with van der Waals surface area (Å²) in [5.41, 5.74) is 8.28. The van der Waals surface area contributed by atoms with Crippen molar-refractivity contribution in [3.63, 3.8) is 0 Å². The number of rotatable bonds is 6. The molecule has 0 aliphatic carbocycles. The molecule has 0 atom stereocenters. The summed E-state index contributed by atoms with van der Waals surface area (Å²) >= 11 is 6.38. The van der Waals surface area contributed by atoms with Crippen LogP contribution < -0.4 is 15.2 Å². The normalized spacial score (nSPS) is 11.0. The topological polar surface area (TPSA) is 83.2 Å². The molecule has 2 N–H and O–H groups in total. The number of halogens is 2. The molecular formula is C22H26Cl2N4O2. The van der Waals surface area contributed by atoms with E-state index in [0.29, 0.717) is 35.4 Å². The second-order valence-electron chi connectivity index (χ2n) is 7.86. The van der Waals surface area contributed by atoms with E-state index in [1.54, 1.807) is 6.07 Å². The van der Waals surface area contributed by atoms with Gasteiger partial charge in [-0.2, -0.15) is 9.97 Å². The van der Waals surface area contributed by atoms with Gasteiger partial charge in [0.1, 0.15) is 5.75 Å². The van der Waals surface area contributed by atoms with Crippen LogP contribution in [0.2, 0.25) is 5.02 Å². The molecule has 0 aliphatic heterocycles. The van der Waals surface area contributed by atoms with E-state index in [2.05, 4.69) is 35.7 Å². The van der Waals surface area contributed by atoms with Crippen molar-refractivity contribution in [2.75, 3.05) is 13.7 Å². The number of aromatic nitrogens is 3. The van der Waals surface area contributed by atoms with Crippen LogP contribution in [0.15, 0.2) is 42.5 Å². The lowest BCUT2D eigenvalue weighted by atomic mass is 9.99. The van der Waals surface area contributed by atoms with Crippen molar-refractivity contribution in [3.05, 3.63) is 53.1 Å². The summed E-state index contributed by atoms with van der Waals surface area (Å²) < 4.78 is 11.1. The van der Waals surface area contributed by atoms with Crippen LogP contribution in [0.4, 0.5) is 0 Å². The minimum Gasteiger partial charge on any atom is -0.493 e. The third-order valence-corrected chi connectivity index (χ3v) is 4.42. The van der Waals surface area contributed by atoms with Crippen molar-refractivity contribution in [1.29, 1.82) is 0 Å². The van der Waals surface area contributed by atoms with Gasteiger partial charge in [0.2, 0.25) is 0 Å². The number of hydrogen-bond acceptors (Lipinski definition) is 6. The summed E-state index contributed by atoms with van der Waals surface area (Å²) in [6.45, 7) is 7.42. The summed E-state index contributed by atoms with van der Waals surface area (Å²) in [5.74, 6) is 1.72. The van der Waals surface area contributed by atoms with Gasteiger partial charge >= 0.3 is 6.01 Å². The van der Waals surface area contributed by atoms with Gasteiger partial charge in [-0.3, -0.25) is 0 Å². The van der Waals surface area contributed by atoms with Crippen molar-refractivity contribution < 1.29 is 9.47 Å². The van der Waals surface area contributed by atoms with E-state index in [4.69, 9.17) is 26.8 Å². The highest BCUT2D eigenvalue weighted by molar-refractivity contribution is 6.33. The van der Waals surface area contributed by atoms with Crippen LogP contribution in [0.3, 0.4) is 0 Å². The number of ether oxygens (including phenoxy) is 2. The fourth-order valence-corrected chi connectivity index (χ4v) is 2.77. The molecule has 0 spiro atoms. The molecule has 3 rings (SSSR count).